The Morgan fingerprint density at radius 3 is 2.21 bits per heavy atom. The fourth-order valence-electron chi connectivity index (χ4n) is 2.86. The molecule has 3 aromatic heterocycles. The maximum absolute atomic E-state index is 4.57. The first kappa shape index (κ1) is 14.3. The molecule has 0 bridgehead atoms. The molecule has 24 heavy (non-hydrogen) atoms. The summed E-state index contributed by atoms with van der Waals surface area (Å²) in [6.07, 6.45) is 9.24. The van der Waals surface area contributed by atoms with E-state index in [9.17, 15) is 0 Å². The maximum Gasteiger partial charge on any atom is 0.0949 e. The molecule has 0 N–H and O–H groups in total. The third kappa shape index (κ3) is 2.82. The van der Waals surface area contributed by atoms with Gasteiger partial charge >= 0.3 is 0 Å². The Kier molecular flexibility index (Phi) is 3.86. The molecule has 0 unspecified atom stereocenters. The largest absolute Gasteiger partial charge is 0.333 e. The predicted octanol–water partition coefficient (Wildman–Crippen LogP) is 4.06. The average Bonchev–Trinajstić information content (AvgIpc) is 3.16. The van der Waals surface area contributed by atoms with E-state index in [1.54, 1.807) is 6.20 Å². The highest BCUT2D eigenvalue weighted by atomic mass is 15.0. The normalized spacial score (nSPS) is 10.7. The second kappa shape index (κ2) is 6.46. The van der Waals surface area contributed by atoms with Crippen molar-refractivity contribution in [3.8, 4) is 22.5 Å². The first-order valence-corrected chi connectivity index (χ1v) is 7.82. The van der Waals surface area contributed by atoms with Crippen molar-refractivity contribution in [2.75, 3.05) is 0 Å². The fourth-order valence-corrected chi connectivity index (χ4v) is 2.86. The number of imidazole rings is 1. The number of hydrogen-bond donors (Lipinski definition) is 0. The molecule has 0 aliphatic heterocycles. The summed E-state index contributed by atoms with van der Waals surface area (Å²) in [5.41, 5.74) is 5.30. The van der Waals surface area contributed by atoms with Gasteiger partial charge in [-0.05, 0) is 29.8 Å². The molecule has 0 aliphatic carbocycles. The first-order valence-electron chi connectivity index (χ1n) is 7.82. The Morgan fingerprint density at radius 2 is 1.54 bits per heavy atom. The molecule has 1 aromatic carbocycles. The number of pyridine rings is 2. The van der Waals surface area contributed by atoms with Gasteiger partial charge in [-0.1, -0.05) is 30.3 Å². The molecule has 0 radical (unpaired) electrons. The van der Waals surface area contributed by atoms with Gasteiger partial charge in [-0.25, -0.2) is 4.98 Å². The zero-order valence-electron chi connectivity index (χ0n) is 13.1. The number of rotatable bonds is 4. The van der Waals surface area contributed by atoms with E-state index in [4.69, 9.17) is 0 Å². The van der Waals surface area contributed by atoms with E-state index in [0.29, 0.717) is 0 Å². The van der Waals surface area contributed by atoms with E-state index in [2.05, 4.69) is 37.7 Å². The summed E-state index contributed by atoms with van der Waals surface area (Å²) in [5, 5.41) is 0. The standard InChI is InChI=1S/C20H16N4/c1-3-10-22-18(8-1)17-7-5-6-16(14-24-13-12-21-15-24)20(17)19-9-2-4-11-23-19/h1-13,15H,14H2. The lowest BCUT2D eigenvalue weighted by Crippen LogP contribution is -2.01. The summed E-state index contributed by atoms with van der Waals surface area (Å²) < 4.78 is 2.06. The van der Waals surface area contributed by atoms with E-state index in [0.717, 1.165) is 29.1 Å². The van der Waals surface area contributed by atoms with Crippen LogP contribution in [0.3, 0.4) is 0 Å². The first-order chi connectivity index (χ1) is 11.9. The Balaban J connectivity index is 1.91. The zero-order chi connectivity index (χ0) is 16.2. The zero-order valence-corrected chi connectivity index (χ0v) is 13.1. The second-order valence-electron chi connectivity index (χ2n) is 5.50. The molecule has 0 atom stereocenters. The van der Waals surface area contributed by atoms with Crippen LogP contribution in [0.4, 0.5) is 0 Å². The third-order valence-electron chi connectivity index (χ3n) is 3.92. The van der Waals surface area contributed by atoms with E-state index in [1.165, 1.54) is 5.56 Å². The van der Waals surface area contributed by atoms with Crippen LogP contribution in [0.15, 0.2) is 85.7 Å². The SMILES string of the molecule is c1ccc(-c2cccc(Cn3ccnc3)c2-c2ccccn2)nc1. The smallest absolute Gasteiger partial charge is 0.0949 e. The second-order valence-corrected chi connectivity index (χ2v) is 5.50. The van der Waals surface area contributed by atoms with Gasteiger partial charge in [0, 0.05) is 42.5 Å². The van der Waals surface area contributed by atoms with Gasteiger partial charge in [-0.15, -0.1) is 0 Å². The quantitative estimate of drug-likeness (QED) is 0.571. The van der Waals surface area contributed by atoms with Crippen molar-refractivity contribution in [1.82, 2.24) is 19.5 Å². The van der Waals surface area contributed by atoms with Crippen molar-refractivity contribution < 1.29 is 0 Å². The van der Waals surface area contributed by atoms with Gasteiger partial charge in [0.05, 0.1) is 17.7 Å². The van der Waals surface area contributed by atoms with Gasteiger partial charge in [0.1, 0.15) is 0 Å². The third-order valence-corrected chi connectivity index (χ3v) is 3.92. The molecule has 0 saturated carbocycles. The minimum Gasteiger partial charge on any atom is -0.333 e. The average molecular weight is 312 g/mol. The van der Waals surface area contributed by atoms with Gasteiger partial charge < -0.3 is 4.57 Å². The monoisotopic (exact) mass is 312 g/mol. The van der Waals surface area contributed by atoms with Crippen molar-refractivity contribution in [2.24, 2.45) is 0 Å². The lowest BCUT2D eigenvalue weighted by Gasteiger charge is -2.15. The molecular formula is C20H16N4. The van der Waals surface area contributed by atoms with Crippen molar-refractivity contribution in [2.45, 2.75) is 6.54 Å². The molecule has 4 nitrogen and oxygen atoms in total. The molecule has 3 heterocycles. The highest BCUT2D eigenvalue weighted by Gasteiger charge is 2.14. The van der Waals surface area contributed by atoms with Crippen LogP contribution in [0, 0.1) is 0 Å². The topological polar surface area (TPSA) is 43.6 Å². The van der Waals surface area contributed by atoms with E-state index < -0.39 is 0 Å². The molecule has 0 saturated heterocycles. The van der Waals surface area contributed by atoms with Crippen LogP contribution < -0.4 is 0 Å². The van der Waals surface area contributed by atoms with Crippen LogP contribution in [0.1, 0.15) is 5.56 Å². The van der Waals surface area contributed by atoms with E-state index in [1.807, 2.05) is 61.3 Å². The molecule has 4 heteroatoms. The number of nitrogens with zero attached hydrogens (tertiary/aromatic N) is 4. The van der Waals surface area contributed by atoms with Crippen molar-refractivity contribution >= 4 is 0 Å². The van der Waals surface area contributed by atoms with E-state index >= 15 is 0 Å². The summed E-state index contributed by atoms with van der Waals surface area (Å²) in [6.45, 7) is 0.743. The van der Waals surface area contributed by atoms with Crippen molar-refractivity contribution in [1.29, 1.82) is 0 Å². The van der Waals surface area contributed by atoms with Crippen LogP contribution in [0.5, 0.6) is 0 Å². The lowest BCUT2D eigenvalue weighted by molar-refractivity contribution is 0.798. The summed E-state index contributed by atoms with van der Waals surface area (Å²) in [6, 6.07) is 18.3. The Bertz CT molecular complexity index is 917. The number of hydrogen-bond acceptors (Lipinski definition) is 3. The minimum atomic E-state index is 0.743. The Labute approximate surface area is 140 Å². The molecule has 0 fully saturated rings. The number of benzene rings is 1. The van der Waals surface area contributed by atoms with E-state index in [-0.39, 0.29) is 0 Å². The van der Waals surface area contributed by atoms with Crippen LogP contribution >= 0.6 is 0 Å². The summed E-state index contributed by atoms with van der Waals surface area (Å²) in [7, 11) is 0. The number of aromatic nitrogens is 4. The molecule has 4 rings (SSSR count). The fraction of sp³-hybridized carbons (Fsp3) is 0.0500. The maximum atomic E-state index is 4.57. The summed E-state index contributed by atoms with van der Waals surface area (Å²) >= 11 is 0. The molecule has 0 spiro atoms. The predicted molar refractivity (Wildman–Crippen MR) is 94.2 cm³/mol. The van der Waals surface area contributed by atoms with Gasteiger partial charge in [0.15, 0.2) is 0 Å². The van der Waals surface area contributed by atoms with Crippen LogP contribution in [0.25, 0.3) is 22.5 Å². The molecule has 0 amide bonds. The Morgan fingerprint density at radius 1 is 0.750 bits per heavy atom. The van der Waals surface area contributed by atoms with Gasteiger partial charge in [0.2, 0.25) is 0 Å². The highest BCUT2D eigenvalue weighted by molar-refractivity contribution is 5.82. The van der Waals surface area contributed by atoms with Gasteiger partial charge in [0.25, 0.3) is 0 Å². The van der Waals surface area contributed by atoms with Crippen LogP contribution in [-0.2, 0) is 6.54 Å². The summed E-state index contributed by atoms with van der Waals surface area (Å²) in [5.74, 6) is 0. The Hall–Kier alpha value is -3.27. The summed E-state index contributed by atoms with van der Waals surface area (Å²) in [4.78, 5) is 13.2. The molecule has 4 aromatic rings. The van der Waals surface area contributed by atoms with Crippen molar-refractivity contribution in [3.05, 3.63) is 91.3 Å². The van der Waals surface area contributed by atoms with Crippen molar-refractivity contribution in [3.63, 3.8) is 0 Å². The van der Waals surface area contributed by atoms with Crippen LogP contribution in [-0.4, -0.2) is 19.5 Å². The molecular weight excluding hydrogens is 296 g/mol. The highest BCUT2D eigenvalue weighted by Crippen LogP contribution is 2.33. The molecule has 0 aliphatic rings. The molecule has 116 valence electrons. The van der Waals surface area contributed by atoms with Gasteiger partial charge in [-0.3, -0.25) is 9.97 Å². The van der Waals surface area contributed by atoms with Gasteiger partial charge in [-0.2, -0.15) is 0 Å². The lowest BCUT2D eigenvalue weighted by atomic mass is 9.95. The minimum absolute atomic E-state index is 0.743. The van der Waals surface area contributed by atoms with Crippen LogP contribution in [0.2, 0.25) is 0 Å².